The maximum absolute atomic E-state index is 12.9. The number of aromatic nitrogens is 3. The number of nitrogens with one attached hydrogen (secondary N) is 2. The third-order valence-electron chi connectivity index (χ3n) is 4.32. The largest absolute Gasteiger partial charge is 0.416 e. The van der Waals surface area contributed by atoms with Crippen LogP contribution < -0.4 is 10.6 Å². The topological polar surface area (TPSA) is 66.6 Å². The molecule has 0 aliphatic carbocycles. The molecule has 3 aromatic rings. The number of fused-ring (bicyclic) bond motifs is 1. The second-order valence-electron chi connectivity index (χ2n) is 6.28. The third kappa shape index (κ3) is 4.59. The summed E-state index contributed by atoms with van der Waals surface area (Å²) >= 11 is 0. The number of benzene rings is 1. The molecular weight excluding hydrogens is 369 g/mol. The van der Waals surface area contributed by atoms with Crippen LogP contribution >= 0.6 is 0 Å². The first-order valence-corrected chi connectivity index (χ1v) is 8.81. The Balaban J connectivity index is 1.58. The van der Waals surface area contributed by atoms with Crippen molar-refractivity contribution in [2.75, 3.05) is 13.6 Å². The van der Waals surface area contributed by atoms with Crippen LogP contribution in [-0.4, -0.2) is 34.2 Å². The molecule has 0 radical (unpaired) electrons. The van der Waals surface area contributed by atoms with Crippen LogP contribution in [0, 0.1) is 0 Å². The third-order valence-corrected chi connectivity index (χ3v) is 4.32. The number of hydrogen-bond acceptors (Lipinski definition) is 3. The summed E-state index contributed by atoms with van der Waals surface area (Å²) in [6.45, 7) is 2.33. The number of alkyl halides is 3. The summed E-state index contributed by atoms with van der Waals surface area (Å²) in [5, 5.41) is 14.5. The molecule has 2 heterocycles. The second kappa shape index (κ2) is 8.28. The molecule has 1 unspecified atom stereocenters. The minimum atomic E-state index is -4.36. The van der Waals surface area contributed by atoms with Crippen LogP contribution in [0.4, 0.5) is 13.2 Å². The monoisotopic (exact) mass is 390 g/mol. The van der Waals surface area contributed by atoms with Crippen molar-refractivity contribution in [1.82, 2.24) is 25.2 Å². The zero-order valence-corrected chi connectivity index (χ0v) is 15.5. The predicted molar refractivity (Wildman–Crippen MR) is 101 cm³/mol. The van der Waals surface area contributed by atoms with E-state index in [-0.39, 0.29) is 6.04 Å². The Bertz CT molecular complexity index is 963. The van der Waals surface area contributed by atoms with E-state index in [9.17, 15) is 13.2 Å². The number of hydrogen-bond donors (Lipinski definition) is 2. The molecule has 2 N–H and O–H groups in total. The minimum absolute atomic E-state index is 0.345. The van der Waals surface area contributed by atoms with Gasteiger partial charge in [-0.3, -0.25) is 9.39 Å². The van der Waals surface area contributed by atoms with Crippen molar-refractivity contribution in [3.63, 3.8) is 0 Å². The molecule has 2 aromatic heterocycles. The van der Waals surface area contributed by atoms with Crippen molar-refractivity contribution in [1.29, 1.82) is 0 Å². The first kappa shape index (κ1) is 19.7. The van der Waals surface area contributed by atoms with E-state index in [1.165, 1.54) is 6.07 Å². The molecule has 6 nitrogen and oxygen atoms in total. The molecule has 0 amide bonds. The van der Waals surface area contributed by atoms with Crippen molar-refractivity contribution in [3.05, 3.63) is 65.6 Å². The van der Waals surface area contributed by atoms with E-state index in [1.54, 1.807) is 20.0 Å². The summed E-state index contributed by atoms with van der Waals surface area (Å²) in [6.07, 6.45) is -1.85. The molecule has 0 aliphatic rings. The Hall–Kier alpha value is -3.10. The van der Waals surface area contributed by atoms with Gasteiger partial charge in [0.05, 0.1) is 11.6 Å². The van der Waals surface area contributed by atoms with Gasteiger partial charge in [-0.25, -0.2) is 0 Å². The Kier molecular flexibility index (Phi) is 5.81. The number of guanidine groups is 1. The summed E-state index contributed by atoms with van der Waals surface area (Å²) in [4.78, 5) is 4.14. The summed E-state index contributed by atoms with van der Waals surface area (Å²) < 4.78 is 40.6. The summed E-state index contributed by atoms with van der Waals surface area (Å²) in [6, 6.07) is 10.6. The van der Waals surface area contributed by atoms with Gasteiger partial charge in [-0.05, 0) is 36.8 Å². The minimum Gasteiger partial charge on any atom is -0.356 e. The zero-order chi connectivity index (χ0) is 20.1. The number of rotatable bonds is 5. The average Bonchev–Trinajstić information content (AvgIpc) is 3.10. The van der Waals surface area contributed by atoms with Gasteiger partial charge in [-0.15, -0.1) is 10.2 Å². The van der Waals surface area contributed by atoms with Crippen molar-refractivity contribution in [2.24, 2.45) is 4.99 Å². The Labute approximate surface area is 160 Å². The molecule has 0 spiro atoms. The molecule has 3 rings (SSSR count). The highest BCUT2D eigenvalue weighted by Gasteiger charge is 2.30. The van der Waals surface area contributed by atoms with Gasteiger partial charge in [-0.1, -0.05) is 18.2 Å². The molecule has 1 aromatic carbocycles. The maximum atomic E-state index is 12.9. The van der Waals surface area contributed by atoms with Gasteiger partial charge >= 0.3 is 6.18 Å². The summed E-state index contributed by atoms with van der Waals surface area (Å²) in [5.74, 6) is 1.31. The van der Waals surface area contributed by atoms with E-state index in [4.69, 9.17) is 0 Å². The van der Waals surface area contributed by atoms with E-state index in [0.29, 0.717) is 24.5 Å². The van der Waals surface area contributed by atoms with Crippen LogP contribution in [0.5, 0.6) is 0 Å². The quantitative estimate of drug-likeness (QED) is 0.519. The lowest BCUT2D eigenvalue weighted by atomic mass is 10.1. The molecule has 0 bridgehead atoms. The summed E-state index contributed by atoms with van der Waals surface area (Å²) in [7, 11) is 1.61. The normalized spacial score (nSPS) is 13.5. The molecular formula is C19H21F3N6. The predicted octanol–water partition coefficient (Wildman–Crippen LogP) is 3.22. The fraction of sp³-hybridized carbons (Fsp3) is 0.316. The standard InChI is InChI=1S/C19H21F3N6/c1-13(14-6-5-7-15(12-14)19(20,21)22)25-18(23-2)24-10-9-17-27-26-16-8-3-4-11-28(16)17/h3-8,11-13H,9-10H2,1-2H3,(H2,23,24,25). The van der Waals surface area contributed by atoms with Crippen molar-refractivity contribution >= 4 is 11.6 Å². The van der Waals surface area contributed by atoms with Gasteiger partial charge in [-0.2, -0.15) is 13.2 Å². The molecule has 9 heteroatoms. The van der Waals surface area contributed by atoms with E-state index >= 15 is 0 Å². The van der Waals surface area contributed by atoms with Crippen molar-refractivity contribution < 1.29 is 13.2 Å². The molecule has 28 heavy (non-hydrogen) atoms. The molecule has 148 valence electrons. The Morgan fingerprint density at radius 3 is 2.75 bits per heavy atom. The maximum Gasteiger partial charge on any atom is 0.416 e. The van der Waals surface area contributed by atoms with Gasteiger partial charge in [0.2, 0.25) is 0 Å². The van der Waals surface area contributed by atoms with Gasteiger partial charge in [0.25, 0.3) is 0 Å². The zero-order valence-electron chi connectivity index (χ0n) is 15.5. The molecule has 0 saturated carbocycles. The van der Waals surface area contributed by atoms with E-state index in [0.717, 1.165) is 23.6 Å². The average molecular weight is 390 g/mol. The molecule has 0 aliphatic heterocycles. The van der Waals surface area contributed by atoms with Crippen LogP contribution in [-0.2, 0) is 12.6 Å². The number of nitrogens with zero attached hydrogens (tertiary/aromatic N) is 4. The first-order chi connectivity index (χ1) is 13.4. The second-order valence-corrected chi connectivity index (χ2v) is 6.28. The lowest BCUT2D eigenvalue weighted by Gasteiger charge is -2.19. The van der Waals surface area contributed by atoms with Crippen molar-refractivity contribution in [3.8, 4) is 0 Å². The lowest BCUT2D eigenvalue weighted by molar-refractivity contribution is -0.137. The number of halogens is 3. The highest BCUT2D eigenvalue weighted by atomic mass is 19.4. The Morgan fingerprint density at radius 2 is 2.00 bits per heavy atom. The van der Waals surface area contributed by atoms with Gasteiger partial charge in [0.1, 0.15) is 5.82 Å². The molecule has 1 atom stereocenters. The van der Waals surface area contributed by atoms with Crippen molar-refractivity contribution in [2.45, 2.75) is 25.6 Å². The molecule has 0 saturated heterocycles. The van der Waals surface area contributed by atoms with E-state index in [1.807, 2.05) is 28.8 Å². The fourth-order valence-electron chi connectivity index (χ4n) is 2.82. The van der Waals surface area contributed by atoms with Gasteiger partial charge < -0.3 is 10.6 Å². The van der Waals surface area contributed by atoms with Gasteiger partial charge in [0.15, 0.2) is 11.6 Å². The van der Waals surface area contributed by atoms with Gasteiger partial charge in [0, 0.05) is 26.2 Å². The number of pyridine rings is 1. The molecule has 0 fully saturated rings. The van der Waals surface area contributed by atoms with Crippen LogP contribution in [0.25, 0.3) is 5.65 Å². The van der Waals surface area contributed by atoms with Crippen LogP contribution in [0.1, 0.15) is 29.9 Å². The highest BCUT2D eigenvalue weighted by Crippen LogP contribution is 2.30. The van der Waals surface area contributed by atoms with E-state index in [2.05, 4.69) is 25.8 Å². The van der Waals surface area contributed by atoms with Crippen LogP contribution in [0.3, 0.4) is 0 Å². The smallest absolute Gasteiger partial charge is 0.356 e. The number of aliphatic imine (C=N–C) groups is 1. The first-order valence-electron chi connectivity index (χ1n) is 8.81. The Morgan fingerprint density at radius 1 is 1.18 bits per heavy atom. The lowest BCUT2D eigenvalue weighted by Crippen LogP contribution is -2.39. The van der Waals surface area contributed by atoms with E-state index < -0.39 is 11.7 Å². The fourth-order valence-corrected chi connectivity index (χ4v) is 2.82. The van der Waals surface area contributed by atoms with Crippen LogP contribution in [0.15, 0.2) is 53.7 Å². The SMILES string of the molecule is CN=C(NCCc1nnc2ccccn12)NC(C)c1cccc(C(F)(F)F)c1. The summed E-state index contributed by atoms with van der Waals surface area (Å²) in [5.41, 5.74) is 0.639. The van der Waals surface area contributed by atoms with Crippen LogP contribution in [0.2, 0.25) is 0 Å². The highest BCUT2D eigenvalue weighted by molar-refractivity contribution is 5.80.